The first kappa shape index (κ1) is 21.2. The smallest absolute Gasteiger partial charge is 0.341 e. The Kier molecular flexibility index (Phi) is 5.18. The number of carbonyl (C=O) groups excluding carboxylic acids is 2. The van der Waals surface area contributed by atoms with Crippen molar-refractivity contribution in [2.75, 3.05) is 22.8 Å². The number of nitrogens with one attached hydrogen (secondary N) is 1. The van der Waals surface area contributed by atoms with Crippen molar-refractivity contribution in [3.63, 3.8) is 0 Å². The number of nitrogens with zero attached hydrogens (tertiary/aromatic N) is 1. The summed E-state index contributed by atoms with van der Waals surface area (Å²) in [6, 6.07) is 13.7. The van der Waals surface area contributed by atoms with Crippen LogP contribution in [0.15, 0.2) is 69.5 Å². The summed E-state index contributed by atoms with van der Waals surface area (Å²) in [5.74, 6) is -0.729. The highest BCUT2D eigenvalue weighted by molar-refractivity contribution is 7.93. The molecule has 2 aromatic carbocycles. The second kappa shape index (κ2) is 8.05. The van der Waals surface area contributed by atoms with Gasteiger partial charge in [0, 0.05) is 16.3 Å². The van der Waals surface area contributed by atoms with Crippen molar-refractivity contribution in [2.24, 2.45) is 0 Å². The van der Waals surface area contributed by atoms with Crippen molar-refractivity contribution < 1.29 is 27.2 Å². The number of hydrogen-bond acceptors (Lipinski definition) is 7. The first-order chi connectivity index (χ1) is 15.9. The van der Waals surface area contributed by atoms with E-state index in [1.165, 1.54) is 12.3 Å². The minimum Gasteiger partial charge on any atom is -0.464 e. The van der Waals surface area contributed by atoms with Gasteiger partial charge < -0.3 is 14.5 Å². The Hall–Kier alpha value is -3.63. The van der Waals surface area contributed by atoms with E-state index in [1.807, 2.05) is 12.1 Å². The zero-order valence-corrected chi connectivity index (χ0v) is 19.0. The maximum Gasteiger partial charge on any atom is 0.341 e. The maximum absolute atomic E-state index is 13.1. The van der Waals surface area contributed by atoms with Crippen LogP contribution in [0, 0.1) is 0 Å². The fraction of sp³-hybridized carbons (Fsp3) is 0.130. The van der Waals surface area contributed by atoms with E-state index in [1.54, 1.807) is 42.6 Å². The third kappa shape index (κ3) is 3.47. The van der Waals surface area contributed by atoms with Gasteiger partial charge in [-0.2, -0.15) is 0 Å². The number of furan rings is 1. The molecule has 0 aliphatic carbocycles. The Morgan fingerprint density at radius 1 is 1.12 bits per heavy atom. The van der Waals surface area contributed by atoms with Crippen LogP contribution in [-0.2, 0) is 19.6 Å². The average molecular weight is 483 g/mol. The van der Waals surface area contributed by atoms with Gasteiger partial charge in [0.1, 0.15) is 22.9 Å². The number of thiophene rings is 1. The van der Waals surface area contributed by atoms with Crippen molar-refractivity contribution in [3.05, 3.63) is 65.7 Å². The quantitative estimate of drug-likeness (QED) is 0.406. The van der Waals surface area contributed by atoms with Gasteiger partial charge >= 0.3 is 5.97 Å². The highest BCUT2D eigenvalue weighted by atomic mass is 32.2. The molecule has 0 atom stereocenters. The lowest BCUT2D eigenvalue weighted by molar-refractivity contribution is -0.114. The highest BCUT2D eigenvalue weighted by Gasteiger charge is 2.37. The number of hydrogen-bond donors (Lipinski definition) is 1. The standard InChI is InChI=1S/C23H18N2O6S2/c1-2-30-23(27)21-15(17-9-5-11-31-17)13-32-22(21)24-19(26)12-25-16-8-3-6-14-7-4-10-18(20(14)16)33(25,28)29/h3-11,13H,2,12H2,1H3,(H,24,26). The molecule has 1 aliphatic heterocycles. The number of carbonyl (C=O) groups is 2. The van der Waals surface area contributed by atoms with Crippen LogP contribution in [0.3, 0.4) is 0 Å². The Bertz CT molecular complexity index is 1480. The molecule has 2 aromatic heterocycles. The van der Waals surface area contributed by atoms with Crippen molar-refractivity contribution in [2.45, 2.75) is 11.8 Å². The summed E-state index contributed by atoms with van der Waals surface area (Å²) in [7, 11) is -3.88. The van der Waals surface area contributed by atoms with E-state index >= 15 is 0 Å². The summed E-state index contributed by atoms with van der Waals surface area (Å²) in [5.41, 5.74) is 1.11. The zero-order chi connectivity index (χ0) is 23.2. The Labute approximate surface area is 193 Å². The van der Waals surface area contributed by atoms with Gasteiger partial charge in [0.2, 0.25) is 5.91 Å². The van der Waals surface area contributed by atoms with Gasteiger partial charge in [0.15, 0.2) is 0 Å². The molecule has 168 valence electrons. The van der Waals surface area contributed by atoms with Gasteiger partial charge in [-0.05, 0) is 36.6 Å². The molecule has 3 heterocycles. The van der Waals surface area contributed by atoms with Crippen LogP contribution in [0.25, 0.3) is 22.1 Å². The average Bonchev–Trinajstić information content (AvgIpc) is 3.50. The third-order valence-electron chi connectivity index (χ3n) is 5.28. The molecular formula is C23H18N2O6S2. The first-order valence-corrected chi connectivity index (χ1v) is 12.4. The van der Waals surface area contributed by atoms with E-state index in [2.05, 4.69) is 5.32 Å². The molecule has 8 nitrogen and oxygen atoms in total. The topological polar surface area (TPSA) is 106 Å². The number of benzene rings is 2. The van der Waals surface area contributed by atoms with Crippen LogP contribution in [0.5, 0.6) is 0 Å². The van der Waals surface area contributed by atoms with E-state index in [-0.39, 0.29) is 22.1 Å². The van der Waals surface area contributed by atoms with Crippen molar-refractivity contribution in [1.29, 1.82) is 0 Å². The predicted molar refractivity (Wildman–Crippen MR) is 125 cm³/mol. The second-order valence-electron chi connectivity index (χ2n) is 7.24. The van der Waals surface area contributed by atoms with E-state index in [0.717, 1.165) is 21.0 Å². The Morgan fingerprint density at radius 3 is 2.64 bits per heavy atom. The molecule has 4 aromatic rings. The van der Waals surface area contributed by atoms with E-state index in [9.17, 15) is 18.0 Å². The summed E-state index contributed by atoms with van der Waals surface area (Å²) in [6.07, 6.45) is 1.48. The molecule has 0 saturated heterocycles. The molecule has 0 fully saturated rings. The summed E-state index contributed by atoms with van der Waals surface area (Å²) in [5, 5.41) is 6.01. The number of ether oxygens (including phenoxy) is 1. The Morgan fingerprint density at radius 2 is 1.91 bits per heavy atom. The van der Waals surface area contributed by atoms with Gasteiger partial charge in [-0.3, -0.25) is 9.10 Å². The summed E-state index contributed by atoms with van der Waals surface area (Å²) < 4.78 is 37.9. The van der Waals surface area contributed by atoms with Crippen molar-refractivity contribution in [3.8, 4) is 11.3 Å². The number of sulfonamides is 1. The number of esters is 1. The molecule has 1 N–H and O–H groups in total. The molecule has 5 rings (SSSR count). The lowest BCUT2D eigenvalue weighted by atomic mass is 10.1. The molecule has 0 radical (unpaired) electrons. The normalized spacial score (nSPS) is 13.9. The number of anilines is 2. The van der Waals surface area contributed by atoms with E-state index < -0.39 is 28.4 Å². The van der Waals surface area contributed by atoms with Crippen LogP contribution < -0.4 is 9.62 Å². The van der Waals surface area contributed by atoms with Gasteiger partial charge in [-0.25, -0.2) is 13.2 Å². The molecule has 0 spiro atoms. The van der Waals surface area contributed by atoms with Gasteiger partial charge in [-0.1, -0.05) is 24.3 Å². The zero-order valence-electron chi connectivity index (χ0n) is 17.4. The van der Waals surface area contributed by atoms with Gasteiger partial charge in [0.25, 0.3) is 10.0 Å². The van der Waals surface area contributed by atoms with E-state index in [0.29, 0.717) is 22.4 Å². The van der Waals surface area contributed by atoms with Gasteiger partial charge in [0.05, 0.1) is 23.5 Å². The van der Waals surface area contributed by atoms with Crippen LogP contribution >= 0.6 is 11.3 Å². The van der Waals surface area contributed by atoms with Crippen LogP contribution in [0.4, 0.5) is 10.7 Å². The van der Waals surface area contributed by atoms with Crippen molar-refractivity contribution in [1.82, 2.24) is 0 Å². The minimum absolute atomic E-state index is 0.161. The first-order valence-electron chi connectivity index (χ1n) is 10.1. The molecule has 1 amide bonds. The number of amides is 1. The summed E-state index contributed by atoms with van der Waals surface area (Å²) in [4.78, 5) is 25.8. The predicted octanol–water partition coefficient (Wildman–Crippen LogP) is 4.49. The van der Waals surface area contributed by atoms with Crippen LogP contribution in [0.1, 0.15) is 17.3 Å². The Balaban J connectivity index is 1.46. The fourth-order valence-electron chi connectivity index (χ4n) is 3.89. The minimum atomic E-state index is -3.88. The lowest BCUT2D eigenvalue weighted by Gasteiger charge is -2.18. The summed E-state index contributed by atoms with van der Waals surface area (Å²) >= 11 is 1.14. The maximum atomic E-state index is 13.1. The largest absolute Gasteiger partial charge is 0.464 e. The van der Waals surface area contributed by atoms with Crippen LogP contribution in [0.2, 0.25) is 0 Å². The molecule has 0 unspecified atom stereocenters. The second-order valence-corrected chi connectivity index (χ2v) is 9.95. The molecule has 1 aliphatic rings. The molecular weight excluding hydrogens is 464 g/mol. The summed E-state index contributed by atoms with van der Waals surface area (Å²) in [6.45, 7) is 1.41. The molecule has 0 saturated carbocycles. The molecule has 0 bridgehead atoms. The lowest BCUT2D eigenvalue weighted by Crippen LogP contribution is -2.35. The van der Waals surface area contributed by atoms with Crippen molar-refractivity contribution >= 4 is 54.7 Å². The van der Waals surface area contributed by atoms with Gasteiger partial charge in [-0.15, -0.1) is 11.3 Å². The number of rotatable bonds is 6. The molecule has 10 heteroatoms. The fourth-order valence-corrected chi connectivity index (χ4v) is 6.51. The van der Waals surface area contributed by atoms with E-state index in [4.69, 9.17) is 9.15 Å². The van der Waals surface area contributed by atoms with Crippen LogP contribution in [-0.4, -0.2) is 33.4 Å². The molecule has 33 heavy (non-hydrogen) atoms. The monoisotopic (exact) mass is 482 g/mol. The highest BCUT2D eigenvalue weighted by Crippen LogP contribution is 2.42. The third-order valence-corrected chi connectivity index (χ3v) is 7.98. The SMILES string of the molecule is CCOC(=O)c1c(-c2ccco2)csc1NC(=O)CN1c2cccc3cccc(c23)S1(=O)=O.